The van der Waals surface area contributed by atoms with E-state index in [9.17, 15) is 8.42 Å². The van der Waals surface area contributed by atoms with Crippen molar-refractivity contribution in [3.8, 4) is 11.5 Å². The zero-order chi connectivity index (χ0) is 18.9. The Bertz CT molecular complexity index is 1050. The maximum absolute atomic E-state index is 12.0. The molecule has 138 valence electrons. The van der Waals surface area contributed by atoms with E-state index in [0.717, 1.165) is 35.6 Å². The van der Waals surface area contributed by atoms with Crippen molar-refractivity contribution >= 4 is 15.5 Å². The van der Waals surface area contributed by atoms with Gasteiger partial charge in [-0.15, -0.1) is 0 Å². The largest absolute Gasteiger partial charge is 0.367 e. The van der Waals surface area contributed by atoms with Crippen molar-refractivity contribution < 1.29 is 8.42 Å². The maximum Gasteiger partial charge on any atom is 0.178 e. The average molecular weight is 380 g/mol. The molecule has 0 N–H and O–H groups in total. The molecule has 0 unspecified atom stereocenters. The SMILES string of the molecule is CCS(=O)(=O)c1ccc(N2CCc3nc(-c4ccccn4)ncc3C2)cc1. The van der Waals surface area contributed by atoms with Crippen molar-refractivity contribution in [3.05, 3.63) is 66.1 Å². The zero-order valence-corrected chi connectivity index (χ0v) is 15.9. The first-order chi connectivity index (χ1) is 13.1. The lowest BCUT2D eigenvalue weighted by Gasteiger charge is -2.30. The molecule has 27 heavy (non-hydrogen) atoms. The van der Waals surface area contributed by atoms with Crippen molar-refractivity contribution in [2.75, 3.05) is 17.2 Å². The Morgan fingerprint density at radius 1 is 1.07 bits per heavy atom. The van der Waals surface area contributed by atoms with Crippen molar-refractivity contribution in [2.24, 2.45) is 0 Å². The summed E-state index contributed by atoms with van der Waals surface area (Å²) in [7, 11) is -3.17. The highest BCUT2D eigenvalue weighted by Crippen LogP contribution is 2.26. The number of nitrogens with zero attached hydrogens (tertiary/aromatic N) is 4. The van der Waals surface area contributed by atoms with Gasteiger partial charge in [0.25, 0.3) is 0 Å². The van der Waals surface area contributed by atoms with E-state index in [1.165, 1.54) is 0 Å². The van der Waals surface area contributed by atoms with Crippen LogP contribution in [0.15, 0.2) is 59.8 Å². The van der Waals surface area contributed by atoms with E-state index in [2.05, 4.69) is 19.9 Å². The fourth-order valence-corrected chi connectivity index (χ4v) is 4.07. The third-order valence-electron chi connectivity index (χ3n) is 4.77. The van der Waals surface area contributed by atoms with Gasteiger partial charge in [-0.3, -0.25) is 4.98 Å². The Morgan fingerprint density at radius 2 is 1.89 bits per heavy atom. The molecule has 0 radical (unpaired) electrons. The molecule has 1 aliphatic rings. The van der Waals surface area contributed by atoms with Crippen LogP contribution >= 0.6 is 0 Å². The van der Waals surface area contributed by atoms with Crippen molar-refractivity contribution in [2.45, 2.75) is 24.8 Å². The molecule has 2 aromatic heterocycles. The lowest BCUT2D eigenvalue weighted by Crippen LogP contribution is -2.31. The van der Waals surface area contributed by atoms with Crippen molar-refractivity contribution in [1.82, 2.24) is 15.0 Å². The molecule has 1 aliphatic heterocycles. The summed E-state index contributed by atoms with van der Waals surface area (Å²) in [4.78, 5) is 16.1. The van der Waals surface area contributed by atoms with Crippen LogP contribution in [0.4, 0.5) is 5.69 Å². The second-order valence-electron chi connectivity index (χ2n) is 6.45. The van der Waals surface area contributed by atoms with Gasteiger partial charge in [0.15, 0.2) is 15.7 Å². The molecular weight excluding hydrogens is 360 g/mol. The summed E-state index contributed by atoms with van der Waals surface area (Å²) in [6.45, 7) is 3.19. The monoisotopic (exact) mass is 380 g/mol. The van der Waals surface area contributed by atoms with Gasteiger partial charge in [-0.05, 0) is 36.4 Å². The summed E-state index contributed by atoms with van der Waals surface area (Å²) in [6, 6.07) is 12.8. The molecule has 0 bridgehead atoms. The number of aromatic nitrogens is 3. The van der Waals surface area contributed by atoms with E-state index >= 15 is 0 Å². The number of sulfone groups is 1. The molecule has 7 heteroatoms. The normalized spacial score (nSPS) is 14.0. The molecule has 0 aliphatic carbocycles. The van der Waals surface area contributed by atoms with E-state index in [1.807, 2.05) is 36.5 Å². The highest BCUT2D eigenvalue weighted by atomic mass is 32.2. The van der Waals surface area contributed by atoms with E-state index in [4.69, 9.17) is 0 Å². The van der Waals surface area contributed by atoms with E-state index in [1.54, 1.807) is 25.3 Å². The fraction of sp³-hybridized carbons (Fsp3) is 0.250. The van der Waals surface area contributed by atoms with E-state index in [0.29, 0.717) is 17.3 Å². The van der Waals surface area contributed by atoms with Gasteiger partial charge < -0.3 is 4.90 Å². The van der Waals surface area contributed by atoms with Gasteiger partial charge in [-0.2, -0.15) is 0 Å². The lowest BCUT2D eigenvalue weighted by atomic mass is 10.1. The van der Waals surface area contributed by atoms with Crippen LogP contribution in [0.3, 0.4) is 0 Å². The number of benzene rings is 1. The first-order valence-electron chi connectivity index (χ1n) is 8.91. The predicted molar refractivity (Wildman–Crippen MR) is 104 cm³/mol. The molecule has 0 atom stereocenters. The molecule has 3 aromatic rings. The summed E-state index contributed by atoms with van der Waals surface area (Å²) in [5.74, 6) is 0.760. The minimum Gasteiger partial charge on any atom is -0.367 e. The van der Waals surface area contributed by atoms with Gasteiger partial charge in [0, 0.05) is 43.2 Å². The predicted octanol–water partition coefficient (Wildman–Crippen LogP) is 2.89. The molecular formula is C20H20N4O2S. The smallest absolute Gasteiger partial charge is 0.178 e. The molecule has 0 saturated carbocycles. The lowest BCUT2D eigenvalue weighted by molar-refractivity contribution is 0.597. The number of fused-ring (bicyclic) bond motifs is 1. The third-order valence-corrected chi connectivity index (χ3v) is 6.52. The summed E-state index contributed by atoms with van der Waals surface area (Å²) < 4.78 is 23.9. The van der Waals surface area contributed by atoms with Crippen LogP contribution in [0, 0.1) is 0 Å². The molecule has 0 spiro atoms. The van der Waals surface area contributed by atoms with Gasteiger partial charge in [-0.1, -0.05) is 13.0 Å². The Hall–Kier alpha value is -2.80. The van der Waals surface area contributed by atoms with Gasteiger partial charge in [-0.25, -0.2) is 18.4 Å². The first-order valence-corrected chi connectivity index (χ1v) is 10.6. The fourth-order valence-electron chi connectivity index (χ4n) is 3.19. The van der Waals surface area contributed by atoms with Crippen molar-refractivity contribution in [3.63, 3.8) is 0 Å². The summed E-state index contributed by atoms with van der Waals surface area (Å²) in [5.41, 5.74) is 3.92. The second kappa shape index (κ2) is 7.08. The molecule has 3 heterocycles. The van der Waals surface area contributed by atoms with Crippen LogP contribution < -0.4 is 4.90 Å². The van der Waals surface area contributed by atoms with Gasteiger partial charge in [0.1, 0.15) is 5.69 Å². The quantitative estimate of drug-likeness (QED) is 0.693. The Morgan fingerprint density at radius 3 is 2.59 bits per heavy atom. The molecule has 1 aromatic carbocycles. The van der Waals surface area contributed by atoms with Crippen LogP contribution in [0.2, 0.25) is 0 Å². The maximum atomic E-state index is 12.0. The molecule has 6 nitrogen and oxygen atoms in total. The number of anilines is 1. The van der Waals surface area contributed by atoms with E-state index < -0.39 is 9.84 Å². The Labute approximate surface area is 158 Å². The number of pyridine rings is 1. The topological polar surface area (TPSA) is 76.1 Å². The number of rotatable bonds is 4. The summed E-state index contributed by atoms with van der Waals surface area (Å²) in [5, 5.41) is 0. The van der Waals surface area contributed by atoms with Gasteiger partial charge in [0.05, 0.1) is 16.3 Å². The molecule has 0 amide bonds. The Balaban J connectivity index is 1.55. The summed E-state index contributed by atoms with van der Waals surface area (Å²) in [6.07, 6.45) is 4.42. The third kappa shape index (κ3) is 3.55. The van der Waals surface area contributed by atoms with Crippen molar-refractivity contribution in [1.29, 1.82) is 0 Å². The van der Waals surface area contributed by atoms with Gasteiger partial charge in [0.2, 0.25) is 0 Å². The molecule has 0 saturated heterocycles. The van der Waals surface area contributed by atoms with Crippen LogP contribution in [-0.2, 0) is 22.8 Å². The zero-order valence-electron chi connectivity index (χ0n) is 15.0. The Kier molecular flexibility index (Phi) is 4.61. The molecule has 4 rings (SSSR count). The highest BCUT2D eigenvalue weighted by Gasteiger charge is 2.20. The number of hydrogen-bond acceptors (Lipinski definition) is 6. The standard InChI is InChI=1S/C20H20N4O2S/c1-2-27(25,26)17-8-6-16(7-9-17)24-12-10-18-15(14-24)13-22-20(23-18)19-5-3-4-11-21-19/h3-9,11,13H,2,10,12,14H2,1H3. The summed E-state index contributed by atoms with van der Waals surface area (Å²) >= 11 is 0. The van der Waals surface area contributed by atoms with Gasteiger partial charge >= 0.3 is 0 Å². The minimum atomic E-state index is -3.17. The van der Waals surface area contributed by atoms with Crippen LogP contribution in [0.1, 0.15) is 18.2 Å². The first kappa shape index (κ1) is 17.6. The number of hydrogen-bond donors (Lipinski definition) is 0. The second-order valence-corrected chi connectivity index (χ2v) is 8.73. The van der Waals surface area contributed by atoms with E-state index in [-0.39, 0.29) is 5.75 Å². The molecule has 0 fully saturated rings. The highest BCUT2D eigenvalue weighted by molar-refractivity contribution is 7.91. The average Bonchev–Trinajstić information content (AvgIpc) is 2.73. The van der Waals surface area contributed by atoms with Crippen LogP contribution in [0.25, 0.3) is 11.5 Å². The minimum absolute atomic E-state index is 0.110. The van der Waals surface area contributed by atoms with Crippen LogP contribution in [0.5, 0.6) is 0 Å². The van der Waals surface area contributed by atoms with Crippen LogP contribution in [-0.4, -0.2) is 35.7 Å².